The number of unbranched alkanes of at least 4 members (excludes halogenated alkanes) is 3. The van der Waals surface area contributed by atoms with Crippen LogP contribution in [0.15, 0.2) is 41.6 Å². The fourth-order valence-corrected chi connectivity index (χ4v) is 4.02. The van der Waals surface area contributed by atoms with E-state index >= 15 is 0 Å². The maximum atomic E-state index is 11.9. The highest BCUT2D eigenvalue weighted by Crippen LogP contribution is 2.37. The normalized spacial score (nSPS) is 14.4. The Hall–Kier alpha value is -3.67. The quantitative estimate of drug-likeness (QED) is 0.225. The summed E-state index contributed by atoms with van der Waals surface area (Å²) in [5.41, 5.74) is 0.820. The SMILES string of the molecule is COc1ccc(OS(=O)(=O)ON=CCCCCCOc2ccc3c(c2)C(C)(C)OC(=O)N3)cc1OC. The lowest BCUT2D eigenvalue weighted by molar-refractivity contribution is 0.0418. The molecule has 2 aromatic carbocycles. The lowest BCUT2D eigenvalue weighted by atomic mass is 9.94. The van der Waals surface area contributed by atoms with Gasteiger partial charge in [-0.05, 0) is 69.9 Å². The number of ether oxygens (including phenoxy) is 4. The largest absolute Gasteiger partial charge is 0.521 e. The highest BCUT2D eigenvalue weighted by molar-refractivity contribution is 7.82. The van der Waals surface area contributed by atoms with Gasteiger partial charge in [0.15, 0.2) is 11.5 Å². The van der Waals surface area contributed by atoms with Crippen molar-refractivity contribution in [3.63, 3.8) is 0 Å². The zero-order valence-corrected chi connectivity index (χ0v) is 21.4. The van der Waals surface area contributed by atoms with E-state index in [0.717, 1.165) is 24.8 Å². The van der Waals surface area contributed by atoms with Crippen LogP contribution in [-0.4, -0.2) is 41.6 Å². The van der Waals surface area contributed by atoms with Crippen LogP contribution in [0, 0.1) is 0 Å². The minimum Gasteiger partial charge on any atom is -0.494 e. The highest BCUT2D eigenvalue weighted by Gasteiger charge is 2.33. The molecule has 1 N–H and O–H groups in total. The van der Waals surface area contributed by atoms with Crippen molar-refractivity contribution in [3.05, 3.63) is 42.0 Å². The van der Waals surface area contributed by atoms with Crippen molar-refractivity contribution < 1.29 is 40.6 Å². The third-order valence-corrected chi connectivity index (χ3v) is 5.90. The van der Waals surface area contributed by atoms with Crippen LogP contribution < -0.4 is 23.7 Å². The van der Waals surface area contributed by atoms with E-state index in [-0.39, 0.29) is 5.75 Å². The van der Waals surface area contributed by atoms with Crippen molar-refractivity contribution in [1.29, 1.82) is 0 Å². The fourth-order valence-electron chi connectivity index (χ4n) is 3.48. The molecular weight excluding hydrogens is 492 g/mol. The van der Waals surface area contributed by atoms with Crippen molar-refractivity contribution in [1.82, 2.24) is 0 Å². The second-order valence-electron chi connectivity index (χ2n) is 8.30. The molecule has 1 aliphatic rings. The predicted molar refractivity (Wildman–Crippen MR) is 132 cm³/mol. The lowest BCUT2D eigenvalue weighted by Crippen LogP contribution is -2.34. The number of nitrogens with zero attached hydrogens (tertiary/aromatic N) is 1. The Kier molecular flexibility index (Phi) is 8.86. The Morgan fingerprint density at radius 2 is 1.75 bits per heavy atom. The van der Waals surface area contributed by atoms with Gasteiger partial charge in [0, 0.05) is 17.8 Å². The number of carbonyl (C=O) groups is 1. The van der Waals surface area contributed by atoms with Crippen LogP contribution in [0.1, 0.15) is 45.1 Å². The molecule has 0 saturated heterocycles. The zero-order chi connectivity index (χ0) is 26.2. The Bertz CT molecular complexity index is 1200. The van der Waals surface area contributed by atoms with Crippen LogP contribution in [0.5, 0.6) is 23.0 Å². The number of amides is 1. The molecule has 0 aliphatic carbocycles. The average molecular weight is 523 g/mol. The number of benzene rings is 2. The van der Waals surface area contributed by atoms with E-state index in [1.165, 1.54) is 38.6 Å². The molecule has 0 aromatic heterocycles. The Balaban J connectivity index is 1.34. The lowest BCUT2D eigenvalue weighted by Gasteiger charge is -2.32. The van der Waals surface area contributed by atoms with Crippen LogP contribution in [-0.2, 0) is 25.0 Å². The average Bonchev–Trinajstić information content (AvgIpc) is 2.82. The summed E-state index contributed by atoms with van der Waals surface area (Å²) in [6.07, 6.45) is 3.83. The van der Waals surface area contributed by atoms with Gasteiger partial charge >= 0.3 is 16.5 Å². The summed E-state index contributed by atoms with van der Waals surface area (Å²) < 4.78 is 54.6. The van der Waals surface area contributed by atoms with E-state index in [4.69, 9.17) is 23.1 Å². The summed E-state index contributed by atoms with van der Waals surface area (Å²) in [7, 11) is -1.48. The van der Waals surface area contributed by atoms with E-state index in [9.17, 15) is 13.2 Å². The summed E-state index contributed by atoms with van der Waals surface area (Å²) in [4.78, 5) is 11.6. The summed E-state index contributed by atoms with van der Waals surface area (Å²) in [6, 6.07) is 9.74. The van der Waals surface area contributed by atoms with Crippen LogP contribution in [0.3, 0.4) is 0 Å². The summed E-state index contributed by atoms with van der Waals surface area (Å²) in [5.74, 6) is 1.44. The Morgan fingerprint density at radius 3 is 2.50 bits per heavy atom. The number of oxime groups is 1. The van der Waals surface area contributed by atoms with Crippen molar-refractivity contribution in [2.24, 2.45) is 5.16 Å². The van der Waals surface area contributed by atoms with E-state index in [2.05, 4.69) is 14.8 Å². The molecule has 11 nitrogen and oxygen atoms in total. The molecule has 0 radical (unpaired) electrons. The monoisotopic (exact) mass is 522 g/mol. The maximum Gasteiger partial charge on any atom is 0.521 e. The first-order valence-corrected chi connectivity index (χ1v) is 12.6. The summed E-state index contributed by atoms with van der Waals surface area (Å²) >= 11 is 0. The van der Waals surface area contributed by atoms with Crippen LogP contribution in [0.4, 0.5) is 10.5 Å². The number of rotatable bonds is 13. The number of methoxy groups -OCH3 is 2. The smallest absolute Gasteiger partial charge is 0.494 e. The molecule has 0 unspecified atom stereocenters. The molecule has 0 fully saturated rings. The first-order chi connectivity index (χ1) is 17.1. The van der Waals surface area contributed by atoms with Crippen molar-refractivity contribution in [3.8, 4) is 23.0 Å². The van der Waals surface area contributed by atoms with Crippen molar-refractivity contribution >= 4 is 28.4 Å². The third kappa shape index (κ3) is 7.41. The topological polar surface area (TPSA) is 131 Å². The minimum atomic E-state index is -4.38. The molecule has 12 heteroatoms. The van der Waals surface area contributed by atoms with Gasteiger partial charge in [0.2, 0.25) is 0 Å². The Morgan fingerprint density at radius 1 is 1.00 bits per heavy atom. The highest BCUT2D eigenvalue weighted by atomic mass is 32.3. The van der Waals surface area contributed by atoms with Gasteiger partial charge in [-0.15, -0.1) is 8.42 Å². The zero-order valence-electron chi connectivity index (χ0n) is 20.6. The van der Waals surface area contributed by atoms with Crippen molar-refractivity contribution in [2.45, 2.75) is 45.1 Å². The van der Waals surface area contributed by atoms with Crippen LogP contribution in [0.25, 0.3) is 0 Å². The summed E-state index contributed by atoms with van der Waals surface area (Å²) in [6.45, 7) is 4.16. The maximum absolute atomic E-state index is 11.9. The van der Waals surface area contributed by atoms with E-state index in [0.29, 0.717) is 36.0 Å². The summed E-state index contributed by atoms with van der Waals surface area (Å²) in [5, 5.41) is 6.15. The van der Waals surface area contributed by atoms with E-state index in [1.54, 1.807) is 12.1 Å². The van der Waals surface area contributed by atoms with Gasteiger partial charge in [-0.2, -0.15) is 0 Å². The number of hydrogen-bond acceptors (Lipinski definition) is 10. The second kappa shape index (κ2) is 11.8. The van der Waals surface area contributed by atoms with Gasteiger partial charge in [-0.1, -0.05) is 5.16 Å². The molecular formula is C24H30N2O9S. The number of hydrogen-bond donors (Lipinski definition) is 1. The van der Waals surface area contributed by atoms with E-state index < -0.39 is 22.1 Å². The van der Waals surface area contributed by atoms with Gasteiger partial charge in [0.25, 0.3) is 0 Å². The number of nitrogens with one attached hydrogen (secondary N) is 1. The molecule has 3 rings (SSSR count). The van der Waals surface area contributed by atoms with Crippen LogP contribution >= 0.6 is 0 Å². The molecule has 0 atom stereocenters. The molecule has 196 valence electrons. The standard InChI is InChI=1S/C24H30N2O9S/c1-24(2)19-15-17(9-11-20(19)26-23(27)33-24)32-14-8-6-5-7-13-25-35-36(28,29)34-18-10-12-21(30-3)22(16-18)31-4/h9-13,15-16H,5-8,14H2,1-4H3,(H,26,27). The van der Waals surface area contributed by atoms with Gasteiger partial charge in [0.1, 0.15) is 17.1 Å². The van der Waals surface area contributed by atoms with E-state index in [1.807, 2.05) is 19.9 Å². The van der Waals surface area contributed by atoms with Gasteiger partial charge < -0.3 is 23.1 Å². The van der Waals surface area contributed by atoms with Crippen molar-refractivity contribution in [2.75, 3.05) is 26.1 Å². The molecule has 0 spiro atoms. The molecule has 1 amide bonds. The first-order valence-electron chi connectivity index (χ1n) is 11.3. The molecule has 1 aliphatic heterocycles. The molecule has 36 heavy (non-hydrogen) atoms. The molecule has 1 heterocycles. The fraction of sp³-hybridized carbons (Fsp3) is 0.417. The molecule has 0 saturated carbocycles. The van der Waals surface area contributed by atoms with Crippen LogP contribution in [0.2, 0.25) is 0 Å². The van der Waals surface area contributed by atoms with Gasteiger partial charge in [-0.25, -0.2) is 9.08 Å². The minimum absolute atomic E-state index is 0.00242. The number of carbonyl (C=O) groups excluding carboxylic acids is 1. The predicted octanol–water partition coefficient (Wildman–Crippen LogP) is 4.77. The first kappa shape index (κ1) is 26.9. The Labute approximate surface area is 210 Å². The number of cyclic esters (lactones) is 1. The number of fused-ring (bicyclic) bond motifs is 1. The number of anilines is 1. The second-order valence-corrected chi connectivity index (χ2v) is 9.43. The molecule has 0 bridgehead atoms. The van der Waals surface area contributed by atoms with Gasteiger partial charge in [-0.3, -0.25) is 5.32 Å². The van der Waals surface area contributed by atoms with Gasteiger partial charge in [0.05, 0.1) is 26.5 Å². The third-order valence-electron chi connectivity index (χ3n) is 5.23. The molecule has 2 aromatic rings.